The number of benzene rings is 5. The van der Waals surface area contributed by atoms with Crippen molar-refractivity contribution >= 4 is 46.5 Å². The quantitative estimate of drug-likeness (QED) is 0.0355. The number of rotatable bonds is 25. The smallest absolute Gasteiger partial charge is 0.354 e. The highest BCUT2D eigenvalue weighted by Gasteiger charge is 2.37. The van der Waals surface area contributed by atoms with Crippen LogP contribution in [-0.4, -0.2) is 153 Å². The lowest BCUT2D eigenvalue weighted by atomic mass is 9.93. The third kappa shape index (κ3) is 18.7. The average molecular weight is 1570 g/mol. The van der Waals surface area contributed by atoms with Gasteiger partial charge in [-0.15, -0.1) is 0 Å². The van der Waals surface area contributed by atoms with Crippen LogP contribution in [0.3, 0.4) is 0 Å². The summed E-state index contributed by atoms with van der Waals surface area (Å²) in [7, 11) is 14.3. The van der Waals surface area contributed by atoms with E-state index in [1.54, 1.807) is 60.8 Å². The molecule has 0 spiro atoms. The SMILES string of the molecule is CCN(C(=O)c1cc(-c2ccsc2)c2n1CCc1cc(OC)c(OC)c(F)c1-2)C(C)C.CCOC(=O)CCCc1cc(F)c(OC)c(OC)c1.CCOC(=O)c1cc(-c2ccsc2)c2n1CCc1cc(OC)c(OC)c(F)c1-2.COc1cc(CCN)cc(F)c1OC.COc1cc2c(c(F)c1OC)C(C(=O)O)NCC2. The van der Waals surface area contributed by atoms with Crippen molar-refractivity contribution in [2.24, 2.45) is 5.73 Å². The second-order valence-corrected chi connectivity index (χ2v) is 26.6. The summed E-state index contributed by atoms with van der Waals surface area (Å²) in [6.07, 6.45) is 3.86. The van der Waals surface area contributed by atoms with E-state index in [1.807, 2.05) is 86.7 Å². The number of aromatic nitrogens is 2. The first kappa shape index (κ1) is 85.1. The Bertz CT molecular complexity index is 4680. The summed E-state index contributed by atoms with van der Waals surface area (Å²) in [4.78, 5) is 50.1. The maximum absolute atomic E-state index is 15.8. The minimum Gasteiger partial charge on any atom is -0.493 e. The zero-order chi connectivity index (χ0) is 80.2. The molecule has 592 valence electrons. The molecule has 0 saturated carbocycles. The number of nitrogens with one attached hydrogen (secondary N) is 1. The minimum absolute atomic E-state index is 0.0374. The number of carbonyl (C=O) groups is 4. The summed E-state index contributed by atoms with van der Waals surface area (Å²) in [5.74, 6) is -2.21. The lowest BCUT2D eigenvalue weighted by Crippen LogP contribution is -2.38. The molecule has 7 heterocycles. The fraction of sp³-hybridized carbons (Fsp3) is 0.383. The molecule has 0 radical (unpaired) electrons. The van der Waals surface area contributed by atoms with Crippen LogP contribution in [0, 0.1) is 29.1 Å². The van der Waals surface area contributed by atoms with Gasteiger partial charge < -0.3 is 87.0 Å². The van der Waals surface area contributed by atoms with Crippen molar-refractivity contribution in [3.05, 3.63) is 162 Å². The number of esters is 2. The molecule has 1 unspecified atom stereocenters. The lowest BCUT2D eigenvalue weighted by Gasteiger charge is -2.28. The first-order valence-corrected chi connectivity index (χ1v) is 37.3. The monoisotopic (exact) mass is 1570 g/mol. The molecule has 1 amide bonds. The Morgan fingerprint density at radius 2 is 0.991 bits per heavy atom. The number of aliphatic carboxylic acids is 1. The molecule has 0 bridgehead atoms. The maximum atomic E-state index is 15.8. The predicted molar refractivity (Wildman–Crippen MR) is 411 cm³/mol. The van der Waals surface area contributed by atoms with E-state index in [0.29, 0.717) is 141 Å². The molecule has 4 N–H and O–H groups in total. The summed E-state index contributed by atoms with van der Waals surface area (Å²) in [5.41, 5.74) is 16.3. The van der Waals surface area contributed by atoms with Crippen LogP contribution >= 0.6 is 22.7 Å². The van der Waals surface area contributed by atoms with E-state index in [-0.39, 0.29) is 64.6 Å². The zero-order valence-corrected chi connectivity index (χ0v) is 66.0. The normalized spacial score (nSPS) is 12.6. The van der Waals surface area contributed by atoms with Crippen LogP contribution in [0.1, 0.15) is 108 Å². The molecule has 3 aliphatic rings. The Morgan fingerprint density at radius 3 is 1.40 bits per heavy atom. The predicted octanol–water partition coefficient (Wildman–Crippen LogP) is 15.4. The largest absolute Gasteiger partial charge is 0.493 e. The standard InChI is InChI=1S/C24H27FN2O3S.C21H20FNO4S.C14H19FO4.C12H14FNO4.C10H14FNO2/c1-6-26(14(2)3)24(28)18-12-17(16-8-10-31-13-16)22-20-15(7-9-27(18)22)11-19(29-4)23(30-5)21(20)25;1-4-27-21(24)15-10-14(13-6-8-28-11-13)19-17-12(5-7-23(15)19)9-16(25-2)20(26-3)18(17)22;1-4-19-13(16)7-5-6-10-8-11(15)14(18-3)12(9-10)17-2;1-17-7-5-6-3-4-14-10(12(15)16)8(6)9(13)11(7)18-2;1-13-9-6-7(3-4-12)5-8(11)10(9)14-2/h8,10-14H,6-7,9H2,1-5H3;6,8-11H,4-5,7H2,1-3H3;8-9H,4-7H2,1-3H3;5,10,14H,3-4H2,1-2H3,(H,15,16);5-6H,3-4,12H2,1-2H3. The Balaban J connectivity index is 0.000000178. The molecule has 5 aromatic carbocycles. The number of carbonyl (C=O) groups excluding carboxylic acids is 3. The topological polar surface area (TPSA) is 250 Å². The number of hydrogen-bond donors (Lipinski definition) is 3. The Hall–Kier alpha value is -10.5. The number of aryl methyl sites for hydroxylation is 3. The number of carboxylic acids is 1. The molecule has 0 fully saturated rings. The van der Waals surface area contributed by atoms with Crippen LogP contribution in [0.4, 0.5) is 22.0 Å². The van der Waals surface area contributed by atoms with Gasteiger partial charge in [-0.2, -0.15) is 22.7 Å². The zero-order valence-electron chi connectivity index (χ0n) is 64.3. The molecule has 0 saturated heterocycles. The fourth-order valence-corrected chi connectivity index (χ4v) is 14.8. The molecule has 3 aliphatic heterocycles. The number of ether oxygens (including phenoxy) is 12. The van der Waals surface area contributed by atoms with Crippen LogP contribution in [-0.2, 0) is 64.3 Å². The average Bonchev–Trinajstić information content (AvgIpc) is 1.64. The summed E-state index contributed by atoms with van der Waals surface area (Å²) >= 11 is 3.12. The van der Waals surface area contributed by atoms with Crippen molar-refractivity contribution in [3.63, 3.8) is 0 Å². The molecule has 12 rings (SSSR count). The van der Waals surface area contributed by atoms with Crippen LogP contribution < -0.4 is 58.4 Å². The van der Waals surface area contributed by atoms with Gasteiger partial charge in [0, 0.05) is 66.5 Å². The number of amides is 1. The van der Waals surface area contributed by atoms with Crippen LogP contribution in [0.15, 0.2) is 88.3 Å². The number of hydrogen-bond acceptors (Lipinski definition) is 20. The van der Waals surface area contributed by atoms with Crippen LogP contribution in [0.2, 0.25) is 0 Å². The Kier molecular flexibility index (Phi) is 30.8. The summed E-state index contributed by atoms with van der Waals surface area (Å²) < 4.78 is 138. The molecule has 1 atom stereocenters. The van der Waals surface area contributed by atoms with Crippen LogP contribution in [0.5, 0.6) is 57.5 Å². The fourth-order valence-electron chi connectivity index (χ4n) is 13.5. The number of methoxy groups -OCH3 is 10. The molecule has 9 aromatic rings. The Labute approximate surface area is 644 Å². The van der Waals surface area contributed by atoms with Crippen molar-refractivity contribution < 1.29 is 103 Å². The van der Waals surface area contributed by atoms with Crippen molar-refractivity contribution in [3.8, 4) is 102 Å². The van der Waals surface area contributed by atoms with Gasteiger partial charge in [-0.1, -0.05) is 0 Å². The van der Waals surface area contributed by atoms with Gasteiger partial charge in [0.1, 0.15) is 17.4 Å². The van der Waals surface area contributed by atoms with Crippen molar-refractivity contribution in [2.45, 2.75) is 105 Å². The molecule has 22 nitrogen and oxygen atoms in total. The van der Waals surface area contributed by atoms with E-state index >= 15 is 8.78 Å². The number of nitrogens with two attached hydrogens (primary N) is 1. The molecular weight excluding hydrogens is 1470 g/mol. The van der Waals surface area contributed by atoms with Gasteiger partial charge in [-0.3, -0.25) is 14.4 Å². The van der Waals surface area contributed by atoms with Gasteiger partial charge in [0.2, 0.25) is 0 Å². The van der Waals surface area contributed by atoms with Gasteiger partial charge >= 0.3 is 17.9 Å². The maximum Gasteiger partial charge on any atom is 0.354 e. The summed E-state index contributed by atoms with van der Waals surface area (Å²) in [6.45, 7) is 12.9. The number of nitrogens with zero attached hydrogens (tertiary/aromatic N) is 3. The lowest BCUT2D eigenvalue weighted by molar-refractivity contribution is -0.143. The highest BCUT2D eigenvalue weighted by Crippen LogP contribution is 2.50. The van der Waals surface area contributed by atoms with E-state index < -0.39 is 47.1 Å². The van der Waals surface area contributed by atoms with Gasteiger partial charge in [-0.05, 0) is 207 Å². The third-order valence-corrected chi connectivity index (χ3v) is 19.8. The number of fused-ring (bicyclic) bond motifs is 7. The van der Waals surface area contributed by atoms with Gasteiger partial charge in [0.05, 0.1) is 95.7 Å². The summed E-state index contributed by atoms with van der Waals surface area (Å²) in [5, 5.41) is 19.8. The van der Waals surface area contributed by atoms with Gasteiger partial charge in [0.15, 0.2) is 86.6 Å². The van der Waals surface area contributed by atoms with Gasteiger partial charge in [0.25, 0.3) is 5.91 Å². The van der Waals surface area contributed by atoms with Crippen molar-refractivity contribution in [2.75, 3.05) is 104 Å². The number of carboxylic acid groups (broad SMARTS) is 1. The molecular formula is C81H94F5N5O17S2. The summed E-state index contributed by atoms with van der Waals surface area (Å²) in [6, 6.07) is 18.2. The highest BCUT2D eigenvalue weighted by atomic mass is 32.1. The van der Waals surface area contributed by atoms with E-state index in [9.17, 15) is 32.3 Å². The number of thiophene rings is 2. The van der Waals surface area contributed by atoms with E-state index in [1.165, 1.54) is 83.2 Å². The first-order valence-electron chi connectivity index (χ1n) is 35.4. The Morgan fingerprint density at radius 1 is 0.555 bits per heavy atom. The van der Waals surface area contributed by atoms with Crippen LogP contribution in [0.25, 0.3) is 44.8 Å². The first-order chi connectivity index (χ1) is 53.0. The highest BCUT2D eigenvalue weighted by molar-refractivity contribution is 7.08. The van der Waals surface area contributed by atoms with Crippen molar-refractivity contribution in [1.82, 2.24) is 19.4 Å². The second kappa shape index (κ2) is 39.7. The third-order valence-electron chi connectivity index (χ3n) is 18.4. The minimum atomic E-state index is -1.11. The van der Waals surface area contributed by atoms with E-state index in [4.69, 9.17) is 67.7 Å². The van der Waals surface area contributed by atoms with E-state index in [2.05, 4.69) is 5.32 Å². The molecule has 4 aromatic heterocycles. The molecule has 0 aliphatic carbocycles. The van der Waals surface area contributed by atoms with E-state index in [0.717, 1.165) is 50.2 Å². The van der Waals surface area contributed by atoms with Crippen molar-refractivity contribution in [1.29, 1.82) is 0 Å². The van der Waals surface area contributed by atoms with Gasteiger partial charge in [-0.25, -0.2) is 26.7 Å². The second-order valence-electron chi connectivity index (χ2n) is 25.0. The molecule has 110 heavy (non-hydrogen) atoms. The molecule has 29 heteroatoms. The number of halogens is 5.